The molecule has 0 amide bonds. The average molecular weight is 314 g/mol. The Bertz CT molecular complexity index is 376. The Morgan fingerprint density at radius 1 is 1.33 bits per heavy atom. The van der Waals surface area contributed by atoms with Crippen molar-refractivity contribution in [2.24, 2.45) is 0 Å². The molecule has 0 bridgehead atoms. The monoisotopic (exact) mass is 313 g/mol. The molecule has 0 aliphatic carbocycles. The van der Waals surface area contributed by atoms with Gasteiger partial charge in [0.1, 0.15) is 0 Å². The third kappa shape index (κ3) is 5.65. The highest BCUT2D eigenvalue weighted by Crippen LogP contribution is 2.14. The van der Waals surface area contributed by atoms with Crippen molar-refractivity contribution in [2.75, 3.05) is 6.54 Å². The van der Waals surface area contributed by atoms with E-state index in [0.717, 1.165) is 17.6 Å². The number of hydrogen-bond donors (Lipinski definition) is 1. The van der Waals surface area contributed by atoms with E-state index in [9.17, 15) is 4.79 Å². The molecule has 1 aromatic rings. The van der Waals surface area contributed by atoms with E-state index in [-0.39, 0.29) is 6.42 Å². The van der Waals surface area contributed by atoms with E-state index in [1.807, 2.05) is 12.1 Å². The van der Waals surface area contributed by atoms with Crippen LogP contribution in [0, 0.1) is 0 Å². The van der Waals surface area contributed by atoms with Crippen molar-refractivity contribution in [2.45, 2.75) is 39.3 Å². The molecule has 0 aliphatic heterocycles. The molecule has 1 aromatic carbocycles. The number of nitrogens with zero attached hydrogens (tertiary/aromatic N) is 1. The predicted octanol–water partition coefficient (Wildman–Crippen LogP) is 3.52. The lowest BCUT2D eigenvalue weighted by molar-refractivity contribution is -0.137. The maximum atomic E-state index is 10.5. The van der Waals surface area contributed by atoms with E-state index in [1.165, 1.54) is 5.56 Å². The lowest BCUT2D eigenvalue weighted by atomic mass is 10.1. The van der Waals surface area contributed by atoms with E-state index in [4.69, 9.17) is 5.11 Å². The summed E-state index contributed by atoms with van der Waals surface area (Å²) in [7, 11) is 0. The van der Waals surface area contributed by atoms with Crippen molar-refractivity contribution >= 4 is 21.9 Å². The standard InChI is InChI=1S/C14H20BrNO2/c1-11(2)16(9-3-4-14(17)18)10-12-5-7-13(15)8-6-12/h5-8,11H,3-4,9-10H2,1-2H3,(H,17,18). The predicted molar refractivity (Wildman–Crippen MR) is 76.6 cm³/mol. The molecule has 0 saturated heterocycles. The van der Waals surface area contributed by atoms with Crippen LogP contribution in [0.3, 0.4) is 0 Å². The second-order valence-electron chi connectivity index (χ2n) is 4.69. The number of carboxylic acid groups (broad SMARTS) is 1. The maximum Gasteiger partial charge on any atom is 0.303 e. The fourth-order valence-electron chi connectivity index (χ4n) is 1.78. The van der Waals surface area contributed by atoms with Crippen molar-refractivity contribution in [3.63, 3.8) is 0 Å². The first-order valence-corrected chi connectivity index (χ1v) is 6.98. The largest absolute Gasteiger partial charge is 0.481 e. The lowest BCUT2D eigenvalue weighted by Crippen LogP contribution is -2.31. The minimum Gasteiger partial charge on any atom is -0.481 e. The van der Waals surface area contributed by atoms with Crippen LogP contribution in [0.4, 0.5) is 0 Å². The van der Waals surface area contributed by atoms with Gasteiger partial charge in [-0.05, 0) is 44.5 Å². The molecule has 1 rings (SSSR count). The number of benzene rings is 1. The summed E-state index contributed by atoms with van der Waals surface area (Å²) >= 11 is 3.42. The summed E-state index contributed by atoms with van der Waals surface area (Å²) in [5.74, 6) is -0.720. The van der Waals surface area contributed by atoms with Gasteiger partial charge in [0.25, 0.3) is 0 Å². The number of aliphatic carboxylic acids is 1. The molecular formula is C14H20BrNO2. The second kappa shape index (κ2) is 7.54. The SMILES string of the molecule is CC(C)N(CCCC(=O)O)Cc1ccc(Br)cc1. The number of hydrogen-bond acceptors (Lipinski definition) is 2. The molecule has 4 heteroatoms. The summed E-state index contributed by atoms with van der Waals surface area (Å²) in [4.78, 5) is 12.8. The molecule has 18 heavy (non-hydrogen) atoms. The summed E-state index contributed by atoms with van der Waals surface area (Å²) in [5, 5.41) is 8.66. The first-order chi connectivity index (χ1) is 8.49. The van der Waals surface area contributed by atoms with Gasteiger partial charge in [-0.3, -0.25) is 9.69 Å². The van der Waals surface area contributed by atoms with E-state index < -0.39 is 5.97 Å². The molecule has 0 aromatic heterocycles. The second-order valence-corrected chi connectivity index (χ2v) is 5.60. The highest BCUT2D eigenvalue weighted by atomic mass is 79.9. The van der Waals surface area contributed by atoms with Gasteiger partial charge >= 0.3 is 5.97 Å². The first kappa shape index (κ1) is 15.2. The number of carbonyl (C=O) groups is 1. The first-order valence-electron chi connectivity index (χ1n) is 6.19. The number of rotatable bonds is 7. The summed E-state index contributed by atoms with van der Waals surface area (Å²) < 4.78 is 1.08. The van der Waals surface area contributed by atoms with Crippen molar-refractivity contribution in [1.29, 1.82) is 0 Å². The zero-order valence-electron chi connectivity index (χ0n) is 10.9. The Labute approximate surface area is 117 Å². The third-order valence-corrected chi connectivity index (χ3v) is 3.39. The van der Waals surface area contributed by atoms with Gasteiger partial charge in [0.2, 0.25) is 0 Å². The van der Waals surface area contributed by atoms with Crippen molar-refractivity contribution < 1.29 is 9.90 Å². The lowest BCUT2D eigenvalue weighted by Gasteiger charge is -2.26. The molecule has 0 saturated carbocycles. The molecular weight excluding hydrogens is 294 g/mol. The van der Waals surface area contributed by atoms with Gasteiger partial charge in [-0.1, -0.05) is 28.1 Å². The molecule has 0 unspecified atom stereocenters. The maximum absolute atomic E-state index is 10.5. The van der Waals surface area contributed by atoms with Gasteiger partial charge < -0.3 is 5.11 Å². The van der Waals surface area contributed by atoms with Crippen LogP contribution in [-0.4, -0.2) is 28.6 Å². The van der Waals surface area contributed by atoms with Crippen molar-refractivity contribution in [3.05, 3.63) is 34.3 Å². The molecule has 3 nitrogen and oxygen atoms in total. The number of halogens is 1. The molecule has 100 valence electrons. The van der Waals surface area contributed by atoms with Gasteiger partial charge in [-0.2, -0.15) is 0 Å². The van der Waals surface area contributed by atoms with Crippen LogP contribution in [0.5, 0.6) is 0 Å². The number of carboxylic acids is 1. The molecule has 0 spiro atoms. The minimum absolute atomic E-state index is 0.240. The van der Waals surface area contributed by atoms with Crippen molar-refractivity contribution in [1.82, 2.24) is 4.90 Å². The van der Waals surface area contributed by atoms with Crippen molar-refractivity contribution in [3.8, 4) is 0 Å². The van der Waals surface area contributed by atoms with E-state index in [2.05, 4.69) is 46.8 Å². The molecule has 0 fully saturated rings. The minimum atomic E-state index is -0.720. The van der Waals surface area contributed by atoms with Crippen LogP contribution in [0.25, 0.3) is 0 Å². The molecule has 0 heterocycles. The normalized spacial score (nSPS) is 11.2. The summed E-state index contributed by atoms with van der Waals surface area (Å²) in [6, 6.07) is 8.67. The summed E-state index contributed by atoms with van der Waals surface area (Å²) in [6.45, 7) is 5.96. The topological polar surface area (TPSA) is 40.5 Å². The Hall–Kier alpha value is -0.870. The van der Waals surface area contributed by atoms with Gasteiger partial charge in [-0.15, -0.1) is 0 Å². The van der Waals surface area contributed by atoms with Gasteiger partial charge in [0, 0.05) is 23.5 Å². The highest BCUT2D eigenvalue weighted by Gasteiger charge is 2.10. The van der Waals surface area contributed by atoms with Crippen LogP contribution in [0.2, 0.25) is 0 Å². The smallest absolute Gasteiger partial charge is 0.303 e. The summed E-state index contributed by atoms with van der Waals surface area (Å²) in [6.07, 6.45) is 0.938. The third-order valence-electron chi connectivity index (χ3n) is 2.87. The Morgan fingerprint density at radius 3 is 2.44 bits per heavy atom. The van der Waals surface area contributed by atoms with E-state index >= 15 is 0 Å². The van der Waals surface area contributed by atoms with Crippen LogP contribution in [0.15, 0.2) is 28.7 Å². The zero-order chi connectivity index (χ0) is 13.5. The molecule has 0 radical (unpaired) electrons. The van der Waals surface area contributed by atoms with E-state index in [1.54, 1.807) is 0 Å². The Morgan fingerprint density at radius 2 is 1.94 bits per heavy atom. The van der Waals surface area contributed by atoms with E-state index in [0.29, 0.717) is 12.5 Å². The molecule has 1 N–H and O–H groups in total. The van der Waals surface area contributed by atoms with Gasteiger partial charge in [0.15, 0.2) is 0 Å². The van der Waals surface area contributed by atoms with Crippen LogP contribution in [-0.2, 0) is 11.3 Å². The highest BCUT2D eigenvalue weighted by molar-refractivity contribution is 9.10. The van der Waals surface area contributed by atoms with Crippen LogP contribution in [0.1, 0.15) is 32.3 Å². The fraction of sp³-hybridized carbons (Fsp3) is 0.500. The van der Waals surface area contributed by atoms with Crippen LogP contribution >= 0.6 is 15.9 Å². The quantitative estimate of drug-likeness (QED) is 0.837. The zero-order valence-corrected chi connectivity index (χ0v) is 12.5. The average Bonchev–Trinajstić information content (AvgIpc) is 2.30. The molecule has 0 atom stereocenters. The van der Waals surface area contributed by atoms with Gasteiger partial charge in [-0.25, -0.2) is 0 Å². The molecule has 0 aliphatic rings. The van der Waals surface area contributed by atoms with Crippen LogP contribution < -0.4 is 0 Å². The van der Waals surface area contributed by atoms with Gasteiger partial charge in [0.05, 0.1) is 0 Å². The Kier molecular flexibility index (Phi) is 6.36. The Balaban J connectivity index is 2.52. The fourth-order valence-corrected chi connectivity index (χ4v) is 2.04. The summed E-state index contributed by atoms with van der Waals surface area (Å²) in [5.41, 5.74) is 1.25.